The van der Waals surface area contributed by atoms with Crippen LogP contribution in [0.2, 0.25) is 0 Å². The summed E-state index contributed by atoms with van der Waals surface area (Å²) in [6, 6.07) is 0. The van der Waals surface area contributed by atoms with E-state index in [2.05, 4.69) is 13.8 Å². The van der Waals surface area contributed by atoms with E-state index < -0.39 is 35.7 Å². The molecule has 0 radical (unpaired) electrons. The molecular weight excluding hydrogens is 428 g/mol. The SMILES string of the molecule is CC1CC(C)C(CCCCCCC(C(=O)O)C(=O)O)C1CCCCCCC(C(=O)O)C(=O)O. The van der Waals surface area contributed by atoms with E-state index in [4.69, 9.17) is 20.4 Å². The minimum absolute atomic E-state index is 0.184. The van der Waals surface area contributed by atoms with Gasteiger partial charge in [-0.25, -0.2) is 0 Å². The maximum Gasteiger partial charge on any atom is 0.317 e. The predicted molar refractivity (Wildman–Crippen MR) is 123 cm³/mol. The summed E-state index contributed by atoms with van der Waals surface area (Å²) in [7, 11) is 0. The molecule has 0 bridgehead atoms. The molecule has 0 aliphatic heterocycles. The van der Waals surface area contributed by atoms with Crippen LogP contribution in [0.25, 0.3) is 0 Å². The van der Waals surface area contributed by atoms with E-state index in [-0.39, 0.29) is 12.8 Å². The molecule has 1 aliphatic rings. The molecule has 4 unspecified atom stereocenters. The van der Waals surface area contributed by atoms with Crippen LogP contribution < -0.4 is 0 Å². The van der Waals surface area contributed by atoms with Crippen LogP contribution in [0.4, 0.5) is 0 Å². The first-order chi connectivity index (χ1) is 15.6. The molecule has 0 aromatic carbocycles. The first-order valence-electron chi connectivity index (χ1n) is 12.5. The maximum absolute atomic E-state index is 10.9. The highest BCUT2D eigenvalue weighted by molar-refractivity contribution is 5.93. The van der Waals surface area contributed by atoms with Gasteiger partial charge in [-0.1, -0.05) is 65.2 Å². The van der Waals surface area contributed by atoms with Crippen LogP contribution >= 0.6 is 0 Å². The summed E-state index contributed by atoms with van der Waals surface area (Å²) in [5.41, 5.74) is 0. The minimum Gasteiger partial charge on any atom is -0.481 e. The molecule has 4 atom stereocenters. The first-order valence-corrected chi connectivity index (χ1v) is 12.5. The molecule has 1 rings (SSSR count). The van der Waals surface area contributed by atoms with Gasteiger partial charge in [0.05, 0.1) is 0 Å². The van der Waals surface area contributed by atoms with Crippen LogP contribution in [0.3, 0.4) is 0 Å². The van der Waals surface area contributed by atoms with E-state index in [9.17, 15) is 19.2 Å². The van der Waals surface area contributed by atoms with Crippen LogP contribution in [0.1, 0.15) is 97.3 Å². The first kappa shape index (κ1) is 28.9. The average molecular weight is 471 g/mol. The van der Waals surface area contributed by atoms with Gasteiger partial charge in [-0.3, -0.25) is 19.2 Å². The molecule has 0 aromatic rings. The molecule has 8 heteroatoms. The summed E-state index contributed by atoms with van der Waals surface area (Å²) in [6.07, 6.45) is 11.0. The largest absolute Gasteiger partial charge is 0.481 e. The Morgan fingerprint density at radius 1 is 0.576 bits per heavy atom. The van der Waals surface area contributed by atoms with Crippen LogP contribution in [0, 0.1) is 35.5 Å². The topological polar surface area (TPSA) is 149 Å². The van der Waals surface area contributed by atoms with Crippen molar-refractivity contribution in [2.24, 2.45) is 35.5 Å². The number of hydrogen-bond donors (Lipinski definition) is 4. The summed E-state index contributed by atoms with van der Waals surface area (Å²) in [5, 5.41) is 35.7. The summed E-state index contributed by atoms with van der Waals surface area (Å²) in [6.45, 7) is 4.65. The number of unbranched alkanes of at least 4 members (excludes halogenated alkanes) is 6. The standard InChI is InChI=1S/C25H42O8/c1-16-15-17(2)19(12-8-4-6-10-14-21(24(30)31)25(32)33)18(16)11-7-3-5-9-13-20(22(26)27)23(28)29/h16-21H,3-15H2,1-2H3,(H,26,27)(H,28,29)(H,30,31)(H,32,33). The maximum atomic E-state index is 10.9. The molecule has 1 aliphatic carbocycles. The Balaban J connectivity index is 2.29. The fourth-order valence-electron chi connectivity index (χ4n) is 5.65. The third-order valence-electron chi connectivity index (χ3n) is 7.51. The third-order valence-corrected chi connectivity index (χ3v) is 7.51. The van der Waals surface area contributed by atoms with Crippen molar-refractivity contribution < 1.29 is 39.6 Å². The molecule has 33 heavy (non-hydrogen) atoms. The van der Waals surface area contributed by atoms with Gasteiger partial charge in [0.1, 0.15) is 0 Å². The molecular formula is C25H42O8. The van der Waals surface area contributed by atoms with Crippen molar-refractivity contribution in [3.05, 3.63) is 0 Å². The molecule has 1 fully saturated rings. The number of carbonyl (C=O) groups is 4. The molecule has 0 aromatic heterocycles. The van der Waals surface area contributed by atoms with Gasteiger partial charge < -0.3 is 20.4 Å². The van der Waals surface area contributed by atoms with Crippen LogP contribution in [-0.2, 0) is 19.2 Å². The zero-order valence-corrected chi connectivity index (χ0v) is 20.1. The Labute approximate surface area is 196 Å². The van der Waals surface area contributed by atoms with Crippen molar-refractivity contribution in [1.82, 2.24) is 0 Å². The number of carboxylic acid groups (broad SMARTS) is 4. The lowest BCUT2D eigenvalue weighted by Crippen LogP contribution is -2.23. The molecule has 4 N–H and O–H groups in total. The molecule has 190 valence electrons. The highest BCUT2D eigenvalue weighted by Gasteiger charge is 2.37. The van der Waals surface area contributed by atoms with E-state index in [1.54, 1.807) is 0 Å². The van der Waals surface area contributed by atoms with Gasteiger partial charge in [0, 0.05) is 0 Å². The van der Waals surface area contributed by atoms with Crippen molar-refractivity contribution in [2.45, 2.75) is 97.3 Å². The Kier molecular flexibility index (Phi) is 13.1. The summed E-state index contributed by atoms with van der Waals surface area (Å²) in [4.78, 5) is 43.8. The minimum atomic E-state index is -1.30. The van der Waals surface area contributed by atoms with Crippen molar-refractivity contribution in [2.75, 3.05) is 0 Å². The molecule has 0 saturated heterocycles. The van der Waals surface area contributed by atoms with Crippen molar-refractivity contribution in [3.63, 3.8) is 0 Å². The van der Waals surface area contributed by atoms with E-state index in [1.165, 1.54) is 6.42 Å². The Morgan fingerprint density at radius 2 is 0.879 bits per heavy atom. The monoisotopic (exact) mass is 470 g/mol. The van der Waals surface area contributed by atoms with Gasteiger partial charge >= 0.3 is 23.9 Å². The Bertz CT molecular complexity index is 564. The van der Waals surface area contributed by atoms with Gasteiger partial charge in [-0.15, -0.1) is 0 Å². The second-order valence-corrected chi connectivity index (χ2v) is 9.96. The lowest BCUT2D eigenvalue weighted by atomic mass is 9.80. The Morgan fingerprint density at radius 3 is 1.18 bits per heavy atom. The summed E-state index contributed by atoms with van der Waals surface area (Å²) >= 11 is 0. The fourth-order valence-corrected chi connectivity index (χ4v) is 5.65. The van der Waals surface area contributed by atoms with Crippen LogP contribution in [0.5, 0.6) is 0 Å². The van der Waals surface area contributed by atoms with Gasteiger partial charge in [0.25, 0.3) is 0 Å². The van der Waals surface area contributed by atoms with Crippen molar-refractivity contribution in [1.29, 1.82) is 0 Å². The molecule has 1 saturated carbocycles. The Hall–Kier alpha value is -2.12. The second kappa shape index (κ2) is 14.9. The van der Waals surface area contributed by atoms with Crippen LogP contribution in [-0.4, -0.2) is 44.3 Å². The van der Waals surface area contributed by atoms with E-state index in [0.717, 1.165) is 51.4 Å². The number of rotatable bonds is 18. The van der Waals surface area contributed by atoms with Crippen molar-refractivity contribution in [3.8, 4) is 0 Å². The third kappa shape index (κ3) is 10.1. The summed E-state index contributed by atoms with van der Waals surface area (Å²) in [5.74, 6) is -4.94. The normalized spacial score (nSPS) is 22.7. The number of carboxylic acids is 4. The number of hydrogen-bond acceptors (Lipinski definition) is 4. The van der Waals surface area contributed by atoms with Crippen LogP contribution in [0.15, 0.2) is 0 Å². The number of aliphatic carboxylic acids is 4. The highest BCUT2D eigenvalue weighted by Crippen LogP contribution is 2.46. The van der Waals surface area contributed by atoms with Crippen molar-refractivity contribution >= 4 is 23.9 Å². The molecule has 0 amide bonds. The average Bonchev–Trinajstić information content (AvgIpc) is 2.97. The fraction of sp³-hybridized carbons (Fsp3) is 0.840. The molecule has 0 spiro atoms. The van der Waals surface area contributed by atoms with Gasteiger partial charge in [-0.2, -0.15) is 0 Å². The smallest absolute Gasteiger partial charge is 0.317 e. The lowest BCUT2D eigenvalue weighted by molar-refractivity contribution is -0.156. The molecule has 0 heterocycles. The van der Waals surface area contributed by atoms with E-state index >= 15 is 0 Å². The van der Waals surface area contributed by atoms with Gasteiger partial charge in [-0.05, 0) is 55.8 Å². The summed E-state index contributed by atoms with van der Waals surface area (Å²) < 4.78 is 0. The van der Waals surface area contributed by atoms with Gasteiger partial charge in [0.15, 0.2) is 11.8 Å². The zero-order chi connectivity index (χ0) is 25.0. The highest BCUT2D eigenvalue weighted by atomic mass is 16.4. The predicted octanol–water partition coefficient (Wildman–Crippen LogP) is 5.15. The van der Waals surface area contributed by atoms with E-state index in [0.29, 0.717) is 36.5 Å². The molecule has 8 nitrogen and oxygen atoms in total. The lowest BCUT2D eigenvalue weighted by Gasteiger charge is -2.25. The quantitative estimate of drug-likeness (QED) is 0.159. The zero-order valence-electron chi connectivity index (χ0n) is 20.1. The van der Waals surface area contributed by atoms with E-state index in [1.807, 2.05) is 0 Å². The van der Waals surface area contributed by atoms with Gasteiger partial charge in [0.2, 0.25) is 0 Å². The second-order valence-electron chi connectivity index (χ2n) is 9.96.